The summed E-state index contributed by atoms with van der Waals surface area (Å²) in [7, 11) is 0. The Morgan fingerprint density at radius 1 is 1.28 bits per heavy atom. The summed E-state index contributed by atoms with van der Waals surface area (Å²) in [5.41, 5.74) is 2.88. The van der Waals surface area contributed by atoms with E-state index in [2.05, 4.69) is 79.4 Å². The minimum atomic E-state index is -0.252. The van der Waals surface area contributed by atoms with Gasteiger partial charge < -0.3 is 24.8 Å². The quantitative estimate of drug-likeness (QED) is 0.336. The van der Waals surface area contributed by atoms with E-state index in [1.54, 1.807) is 0 Å². The zero-order valence-electron chi connectivity index (χ0n) is 15.9. The molecule has 0 radical (unpaired) electrons. The van der Waals surface area contributed by atoms with Gasteiger partial charge in [0.1, 0.15) is 0 Å². The van der Waals surface area contributed by atoms with Crippen LogP contribution in [0.4, 0.5) is 0 Å². The first kappa shape index (κ1) is 25.6. The van der Waals surface area contributed by atoms with Crippen molar-refractivity contribution < 1.29 is 50.0 Å². The minimum absolute atomic E-state index is 0. The van der Waals surface area contributed by atoms with E-state index in [-0.39, 0.29) is 35.2 Å². The maximum atomic E-state index is 6.59. The fraction of sp³-hybridized carbons (Fsp3) is 0.600. The van der Waals surface area contributed by atoms with Crippen LogP contribution >= 0.6 is 11.8 Å². The van der Waals surface area contributed by atoms with Gasteiger partial charge in [-0.25, -0.2) is 0 Å². The topological polar surface area (TPSA) is 9.23 Å². The summed E-state index contributed by atoms with van der Waals surface area (Å²) in [6, 6.07) is 0. The molecule has 25 heavy (non-hydrogen) atoms. The van der Waals surface area contributed by atoms with Crippen molar-refractivity contribution in [1.82, 2.24) is 0 Å². The average molecular weight is 436 g/mol. The number of thioether (sulfide) groups is 1. The van der Waals surface area contributed by atoms with E-state index >= 15 is 0 Å². The number of ether oxygens (including phenoxy) is 1. The van der Waals surface area contributed by atoms with Crippen LogP contribution in [0, 0.1) is 5.41 Å². The van der Waals surface area contributed by atoms with Crippen LogP contribution in [0.1, 0.15) is 60.3 Å². The van der Waals surface area contributed by atoms with Crippen molar-refractivity contribution in [3.05, 3.63) is 44.2 Å². The van der Waals surface area contributed by atoms with Gasteiger partial charge in [-0.2, -0.15) is 0 Å². The van der Waals surface area contributed by atoms with E-state index in [1.165, 1.54) is 26.3 Å². The van der Waals surface area contributed by atoms with Crippen molar-refractivity contribution >= 4 is 11.8 Å². The molecule has 139 valence electrons. The van der Waals surface area contributed by atoms with Crippen molar-refractivity contribution in [3.63, 3.8) is 0 Å². The molecule has 1 atom stereocenters. The van der Waals surface area contributed by atoms with Gasteiger partial charge in [-0.15, -0.1) is 0 Å². The van der Waals surface area contributed by atoms with Gasteiger partial charge in [0.25, 0.3) is 0 Å². The second kappa shape index (κ2) is 10.8. The van der Waals surface area contributed by atoms with Crippen LogP contribution in [-0.4, -0.2) is 11.5 Å². The van der Waals surface area contributed by atoms with Gasteiger partial charge >= 0.3 is 158 Å². The fourth-order valence-electron chi connectivity index (χ4n) is 2.99. The summed E-state index contributed by atoms with van der Waals surface area (Å²) < 4.78 is 8.06. The van der Waals surface area contributed by atoms with Crippen molar-refractivity contribution in [2.24, 2.45) is 5.41 Å². The molecule has 2 rings (SSSR count). The molecule has 1 unspecified atom stereocenters. The number of hydrogen-bond donors (Lipinski definition) is 0. The predicted molar refractivity (Wildman–Crippen MR) is 97.9 cm³/mol. The first-order chi connectivity index (χ1) is 10.8. The van der Waals surface area contributed by atoms with Gasteiger partial charge in [-0.3, -0.25) is 0 Å². The molecule has 0 amide bonds. The zero-order valence-corrected chi connectivity index (χ0v) is 19.8. The van der Waals surface area contributed by atoms with Gasteiger partial charge in [-0.05, 0) is 0 Å². The summed E-state index contributed by atoms with van der Waals surface area (Å²) in [4.78, 5) is 1.14. The molecule has 0 aromatic heterocycles. The Morgan fingerprint density at radius 2 is 1.96 bits per heavy atom. The van der Waals surface area contributed by atoms with Gasteiger partial charge in [0, 0.05) is 0 Å². The summed E-state index contributed by atoms with van der Waals surface area (Å²) in [5, 5.41) is 0. The molecule has 0 saturated carbocycles. The Hall–Kier alpha value is 0.564. The van der Waals surface area contributed by atoms with Gasteiger partial charge in [0.2, 0.25) is 0 Å². The van der Waals surface area contributed by atoms with Crippen LogP contribution in [0.15, 0.2) is 44.2 Å². The summed E-state index contributed by atoms with van der Waals surface area (Å²) >= 11 is 4.17. The Labute approximate surface area is 182 Å². The Bertz CT molecular complexity index is 573. The van der Waals surface area contributed by atoms with Crippen LogP contribution in [0.3, 0.4) is 0 Å². The van der Waals surface area contributed by atoms with Crippen molar-refractivity contribution in [3.8, 4) is 0 Å². The number of allylic oxidation sites excluding steroid dienone is 5. The second-order valence-corrected chi connectivity index (χ2v) is 9.71. The Balaban J connectivity index is 0.00000288. The molecule has 0 spiro atoms. The third-order valence-corrected chi connectivity index (χ3v) is 6.74. The van der Waals surface area contributed by atoms with Crippen LogP contribution < -0.4 is 24.8 Å². The van der Waals surface area contributed by atoms with E-state index in [0.29, 0.717) is 0 Å². The predicted octanol–water partition coefficient (Wildman–Crippen LogP) is 0.281. The largest absolute Gasteiger partial charge is 1.00 e. The van der Waals surface area contributed by atoms with Gasteiger partial charge in [0.05, 0.1) is 0 Å². The molecule has 0 N–H and O–H groups in total. The minimum Gasteiger partial charge on any atom is -1.00 e. The summed E-state index contributed by atoms with van der Waals surface area (Å²) in [5.74, 6) is 0. The molecule has 0 bridgehead atoms. The maximum Gasteiger partial charge on any atom is -1.00 e. The summed E-state index contributed by atoms with van der Waals surface area (Å²) in [6.07, 6.45) is 13.6. The SMILES string of the molecule is CCCCOC1(SC2=[C]([Ti+2])CC=C2)CC=C(C)C=C1C(C)(C)C.[Cl-].[Cl-]. The second-order valence-electron chi connectivity index (χ2n) is 7.47. The molecule has 1 nitrogen and oxygen atoms in total. The maximum absolute atomic E-state index is 6.59. The first-order valence-corrected chi connectivity index (χ1v) is 10.2. The fourth-order valence-corrected chi connectivity index (χ4v) is 5.06. The zero-order chi connectivity index (χ0) is 17.1. The molecular formula is C20H29Cl2OSTi. The number of halogens is 2. The van der Waals surface area contributed by atoms with E-state index in [4.69, 9.17) is 4.74 Å². The van der Waals surface area contributed by atoms with E-state index in [1.807, 2.05) is 11.8 Å². The molecule has 0 heterocycles. The van der Waals surface area contributed by atoms with Crippen molar-refractivity contribution in [1.29, 1.82) is 0 Å². The van der Waals surface area contributed by atoms with E-state index < -0.39 is 0 Å². The third kappa shape index (κ3) is 6.59. The number of unbranched alkanes of at least 4 members (excludes halogenated alkanes) is 1. The molecule has 0 aromatic carbocycles. The Morgan fingerprint density at radius 3 is 2.48 bits per heavy atom. The third-order valence-electron chi connectivity index (χ3n) is 4.28. The van der Waals surface area contributed by atoms with Crippen LogP contribution in [-0.2, 0) is 25.2 Å². The van der Waals surface area contributed by atoms with Crippen molar-refractivity contribution in [2.45, 2.75) is 65.2 Å². The van der Waals surface area contributed by atoms with Gasteiger partial charge in [-0.1, -0.05) is 0 Å². The first-order valence-electron chi connectivity index (χ1n) is 8.62. The molecule has 2 aliphatic carbocycles. The molecular weight excluding hydrogens is 407 g/mol. The standard InChI is InChI=1S/C20H29OS.2ClH.Ti/c1-6-7-14-21-20(22-17-10-8-9-11-17)13-12-16(2)15-18(20)19(3,4)5;;;/h8,10,12,15H,6-7,9,13-14H2,1-5H3;2*1H;/q;;;+2/p-2. The normalized spacial score (nSPS) is 23.0. The van der Waals surface area contributed by atoms with Crippen molar-refractivity contribution in [2.75, 3.05) is 6.61 Å². The Kier molecular flexibility index (Phi) is 11.0. The van der Waals surface area contributed by atoms with E-state index in [9.17, 15) is 0 Å². The molecule has 0 aromatic rings. The van der Waals surface area contributed by atoms with Crippen LogP contribution in [0.25, 0.3) is 0 Å². The molecule has 0 fully saturated rings. The van der Waals surface area contributed by atoms with Crippen LogP contribution in [0.5, 0.6) is 0 Å². The van der Waals surface area contributed by atoms with Gasteiger partial charge in [0.15, 0.2) is 0 Å². The molecule has 0 aliphatic heterocycles. The monoisotopic (exact) mass is 435 g/mol. The smallest absolute Gasteiger partial charge is 1.00 e. The molecule has 2 aliphatic rings. The molecule has 5 heteroatoms. The molecule has 0 saturated heterocycles. The average Bonchev–Trinajstić information content (AvgIpc) is 2.86. The van der Waals surface area contributed by atoms with E-state index in [0.717, 1.165) is 25.9 Å². The summed E-state index contributed by atoms with van der Waals surface area (Å²) in [6.45, 7) is 12.2. The number of hydrogen-bond acceptors (Lipinski definition) is 2. The van der Waals surface area contributed by atoms with Crippen LogP contribution in [0.2, 0.25) is 0 Å². The number of rotatable bonds is 6.